The summed E-state index contributed by atoms with van der Waals surface area (Å²) in [5, 5.41) is -8.30. The molecule has 0 saturated heterocycles. The van der Waals surface area contributed by atoms with Crippen LogP contribution in [-0.4, -0.2) is 6.54 Å². The molecular weight excluding hydrogens is 568 g/mol. The van der Waals surface area contributed by atoms with Crippen molar-refractivity contribution in [3.05, 3.63) is 81.4 Å². The summed E-state index contributed by atoms with van der Waals surface area (Å²) in [5.74, 6) is -36.3. The topological polar surface area (TPSA) is 3.24 Å². The third-order valence-corrected chi connectivity index (χ3v) is 5.90. The van der Waals surface area contributed by atoms with Gasteiger partial charge in [-0.3, -0.25) is 0 Å². The molecule has 15 heteroatoms. The third kappa shape index (κ3) is 3.84. The fourth-order valence-corrected chi connectivity index (χ4v) is 4.07. The summed E-state index contributed by atoms with van der Waals surface area (Å²) in [6, 6.07) is 0. The number of unbranched alkanes of at least 4 members (excludes halogenated alkanes) is 1. The molecule has 4 rings (SSSR count). The van der Waals surface area contributed by atoms with Crippen molar-refractivity contribution < 1.29 is 61.5 Å². The van der Waals surface area contributed by atoms with Crippen LogP contribution in [0.4, 0.5) is 72.8 Å². The lowest BCUT2D eigenvalue weighted by Gasteiger charge is -2.28. The molecule has 0 aliphatic heterocycles. The fourth-order valence-electron chi connectivity index (χ4n) is 4.07. The van der Waals surface area contributed by atoms with Gasteiger partial charge in [-0.2, -0.15) is 0 Å². The van der Waals surface area contributed by atoms with E-state index in [1.165, 1.54) is 6.92 Å². The first kappa shape index (κ1) is 28.2. The van der Waals surface area contributed by atoms with Crippen molar-refractivity contribution in [1.29, 1.82) is 0 Å². The van der Waals surface area contributed by atoms with Gasteiger partial charge in [0, 0.05) is 6.54 Å². The van der Waals surface area contributed by atoms with Gasteiger partial charge in [-0.1, -0.05) is 13.3 Å². The van der Waals surface area contributed by atoms with Gasteiger partial charge in [0.25, 0.3) is 0 Å². The number of rotatable bonds is 5. The number of anilines is 2. The van der Waals surface area contributed by atoms with Crippen LogP contribution in [0, 0.1) is 81.4 Å². The summed E-state index contributed by atoms with van der Waals surface area (Å²) in [7, 11) is 0. The second kappa shape index (κ2) is 9.75. The van der Waals surface area contributed by atoms with Crippen LogP contribution in [0.25, 0.3) is 21.5 Å². The van der Waals surface area contributed by atoms with E-state index in [0.717, 1.165) is 0 Å². The molecule has 0 unspecified atom stereocenters. The van der Waals surface area contributed by atoms with E-state index in [-0.39, 0.29) is 17.7 Å². The van der Waals surface area contributed by atoms with Crippen LogP contribution >= 0.6 is 0 Å². The molecule has 0 aromatic heterocycles. The Labute approximate surface area is 207 Å². The summed E-state index contributed by atoms with van der Waals surface area (Å²) < 4.78 is 203. The van der Waals surface area contributed by atoms with Gasteiger partial charge < -0.3 is 4.90 Å². The van der Waals surface area contributed by atoms with Gasteiger partial charge in [-0.05, 0) is 6.42 Å². The Hall–Kier alpha value is -3.78. The molecule has 0 spiro atoms. The first-order valence-electron chi connectivity index (χ1n) is 10.6. The first-order valence-corrected chi connectivity index (χ1v) is 10.6. The average Bonchev–Trinajstić information content (AvgIpc) is 2.90. The highest BCUT2D eigenvalue weighted by atomic mass is 19.2. The molecule has 0 N–H and O–H groups in total. The molecule has 208 valence electrons. The minimum Gasteiger partial charge on any atom is -0.332 e. The normalized spacial score (nSPS) is 11.8. The van der Waals surface area contributed by atoms with Crippen LogP contribution in [0.1, 0.15) is 19.8 Å². The largest absolute Gasteiger partial charge is 0.332 e. The first-order chi connectivity index (χ1) is 18.2. The van der Waals surface area contributed by atoms with Crippen LogP contribution in [0.2, 0.25) is 0 Å². The molecule has 0 amide bonds. The van der Waals surface area contributed by atoms with E-state index in [2.05, 4.69) is 0 Å². The van der Waals surface area contributed by atoms with E-state index in [1.54, 1.807) is 0 Å². The van der Waals surface area contributed by atoms with E-state index in [0.29, 0.717) is 0 Å². The van der Waals surface area contributed by atoms with E-state index < -0.39 is 121 Å². The molecule has 0 saturated carbocycles. The molecule has 39 heavy (non-hydrogen) atoms. The Morgan fingerprint density at radius 2 is 0.641 bits per heavy atom. The van der Waals surface area contributed by atoms with E-state index in [1.807, 2.05) is 0 Å². The highest BCUT2D eigenvalue weighted by Gasteiger charge is 2.37. The Morgan fingerprint density at radius 3 is 1.05 bits per heavy atom. The maximum atomic E-state index is 15.7. The van der Waals surface area contributed by atoms with Crippen LogP contribution in [0.5, 0.6) is 0 Å². The Balaban J connectivity index is 2.24. The lowest BCUT2D eigenvalue weighted by Crippen LogP contribution is -2.26. The van der Waals surface area contributed by atoms with E-state index >= 15 is 22.0 Å². The maximum absolute atomic E-state index is 15.7. The minimum atomic E-state index is -2.69. The number of benzene rings is 4. The van der Waals surface area contributed by atoms with Gasteiger partial charge in [0.2, 0.25) is 5.82 Å². The molecule has 4 aromatic carbocycles. The van der Waals surface area contributed by atoms with E-state index in [9.17, 15) is 39.5 Å². The van der Waals surface area contributed by atoms with Crippen LogP contribution < -0.4 is 4.90 Å². The van der Waals surface area contributed by atoms with Gasteiger partial charge in [0.1, 0.15) is 23.0 Å². The zero-order valence-corrected chi connectivity index (χ0v) is 18.9. The molecule has 0 radical (unpaired) electrons. The highest BCUT2D eigenvalue weighted by molar-refractivity contribution is 6.02. The molecule has 1 nitrogen and oxygen atoms in total. The summed E-state index contributed by atoms with van der Waals surface area (Å²) in [6.45, 7) is 0.394. The van der Waals surface area contributed by atoms with Crippen molar-refractivity contribution >= 4 is 32.9 Å². The van der Waals surface area contributed by atoms with Crippen molar-refractivity contribution in [3.63, 3.8) is 0 Å². The quantitative estimate of drug-likeness (QED) is 0.0992. The lowest BCUT2D eigenvalue weighted by molar-refractivity contribution is 0.379. The second-order valence-electron chi connectivity index (χ2n) is 8.10. The number of hydrogen-bond donors (Lipinski definition) is 0. The SMILES string of the molecule is CCCCN(c1c(F)c(F)c(F)c(F)c1F)c1c(F)c(F)c2c(F)c3c(F)c(F)c(F)c(F)c3c(F)c2c1F. The summed E-state index contributed by atoms with van der Waals surface area (Å²) in [6.07, 6.45) is -0.287. The van der Waals surface area contributed by atoms with Crippen LogP contribution in [0.15, 0.2) is 0 Å². The highest BCUT2D eigenvalue weighted by Crippen LogP contribution is 2.45. The summed E-state index contributed by atoms with van der Waals surface area (Å²) >= 11 is 0. The number of nitrogens with zero attached hydrogens (tertiary/aromatic N) is 1. The van der Waals surface area contributed by atoms with Crippen molar-refractivity contribution in [3.8, 4) is 0 Å². The molecule has 0 aliphatic carbocycles. The van der Waals surface area contributed by atoms with Gasteiger partial charge in [0.05, 0.1) is 21.5 Å². The van der Waals surface area contributed by atoms with Gasteiger partial charge >= 0.3 is 0 Å². The van der Waals surface area contributed by atoms with Gasteiger partial charge in [-0.15, -0.1) is 0 Å². The molecular formula is C24H9F14N. The molecule has 0 atom stereocenters. The zero-order chi connectivity index (χ0) is 29.2. The average molecular weight is 577 g/mol. The second-order valence-corrected chi connectivity index (χ2v) is 8.10. The minimum absolute atomic E-state index is 0.0359. The van der Waals surface area contributed by atoms with Crippen molar-refractivity contribution in [2.75, 3.05) is 11.4 Å². The standard InChI is InChI=1S/C24H9F14N/c1-2-3-4-39(24-21(37)18(34)17(33)19(35)22(24)38)23-14(30)8-7(13(29)20(23)36)9(25)5-6(10(8)26)12(28)16(32)15(31)11(5)27/h2-4H2,1H3. The molecule has 4 aromatic rings. The number of halogens is 14. The molecule has 0 aliphatic rings. The van der Waals surface area contributed by atoms with Crippen molar-refractivity contribution in [1.82, 2.24) is 0 Å². The third-order valence-electron chi connectivity index (χ3n) is 5.90. The Bertz CT molecular complexity index is 1670. The zero-order valence-electron chi connectivity index (χ0n) is 18.9. The predicted molar refractivity (Wildman–Crippen MR) is 109 cm³/mol. The monoisotopic (exact) mass is 577 g/mol. The Morgan fingerprint density at radius 1 is 0.359 bits per heavy atom. The molecule has 0 fully saturated rings. The van der Waals surface area contributed by atoms with Crippen molar-refractivity contribution in [2.24, 2.45) is 0 Å². The van der Waals surface area contributed by atoms with Gasteiger partial charge in [0.15, 0.2) is 64.0 Å². The van der Waals surface area contributed by atoms with Gasteiger partial charge in [-0.25, -0.2) is 61.5 Å². The maximum Gasteiger partial charge on any atom is 0.200 e. The summed E-state index contributed by atoms with van der Waals surface area (Å²) in [5.41, 5.74) is -4.03. The molecule has 0 heterocycles. The van der Waals surface area contributed by atoms with Crippen LogP contribution in [0.3, 0.4) is 0 Å². The fraction of sp³-hybridized carbons (Fsp3) is 0.167. The summed E-state index contributed by atoms with van der Waals surface area (Å²) in [4.78, 5) is -0.281. The van der Waals surface area contributed by atoms with Crippen LogP contribution in [-0.2, 0) is 0 Å². The van der Waals surface area contributed by atoms with E-state index in [4.69, 9.17) is 0 Å². The lowest BCUT2D eigenvalue weighted by atomic mass is 9.98. The predicted octanol–water partition coefficient (Wildman–Crippen LogP) is 8.88. The number of hydrogen-bond acceptors (Lipinski definition) is 1. The van der Waals surface area contributed by atoms with Crippen molar-refractivity contribution in [2.45, 2.75) is 19.8 Å². The molecule has 0 bridgehead atoms. The smallest absolute Gasteiger partial charge is 0.200 e. The number of fused-ring (bicyclic) bond motifs is 2. The Kier molecular flexibility index (Phi) is 7.06.